The van der Waals surface area contributed by atoms with Crippen LogP contribution in [0.15, 0.2) is 0 Å². The molecule has 0 rings (SSSR count). The molecule has 0 aliphatic heterocycles. The van der Waals surface area contributed by atoms with Gasteiger partial charge in [0.05, 0.1) is 6.54 Å². The van der Waals surface area contributed by atoms with Gasteiger partial charge >= 0.3 is 7.60 Å². The van der Waals surface area contributed by atoms with Crippen LogP contribution in [-0.4, -0.2) is 44.7 Å². The number of hydrogen-bond donors (Lipinski definition) is 4. The third-order valence-electron chi connectivity index (χ3n) is 2.29. The summed E-state index contributed by atoms with van der Waals surface area (Å²) in [4.78, 5) is 30.4. The maximum absolute atomic E-state index is 11.1. The van der Waals surface area contributed by atoms with Crippen LogP contribution in [0.25, 0.3) is 0 Å². The zero-order valence-electron chi connectivity index (χ0n) is 9.46. The van der Waals surface area contributed by atoms with Gasteiger partial charge in [-0.25, -0.2) is 5.48 Å². The number of amides is 1. The van der Waals surface area contributed by atoms with Gasteiger partial charge in [0.1, 0.15) is 5.78 Å². The molecule has 0 aliphatic rings. The lowest BCUT2D eigenvalue weighted by atomic mass is 10.3. The molecule has 0 bridgehead atoms. The number of nitrogens with zero attached hydrogens (tertiary/aromatic N) is 1. The van der Waals surface area contributed by atoms with Crippen LogP contribution in [0, 0.1) is 0 Å². The molecule has 1 atom stereocenters. The summed E-state index contributed by atoms with van der Waals surface area (Å²) in [5, 5.41) is 8.37. The molecule has 8 heteroatoms. The minimum atomic E-state index is -4.26. The number of carbonyl (C=O) groups excluding carboxylic acids is 1. The first-order valence-corrected chi connectivity index (χ1v) is 6.73. The summed E-state index contributed by atoms with van der Waals surface area (Å²) in [6.45, 7) is 3.46. The second kappa shape index (κ2) is 6.98. The highest BCUT2D eigenvalue weighted by molar-refractivity contribution is 7.52. The third kappa shape index (κ3) is 5.58. The summed E-state index contributed by atoms with van der Waals surface area (Å²) >= 11 is 0. The predicted octanol–water partition coefficient (Wildman–Crippen LogP) is 0.118. The average molecular weight is 254 g/mol. The average Bonchev–Trinajstić information content (AvgIpc) is 2.21. The molecule has 96 valence electrons. The quantitative estimate of drug-likeness (QED) is 0.292. The van der Waals surface area contributed by atoms with Crippen LogP contribution in [0.1, 0.15) is 26.7 Å². The lowest BCUT2D eigenvalue weighted by Gasteiger charge is -2.28. The van der Waals surface area contributed by atoms with Gasteiger partial charge in [-0.2, -0.15) is 0 Å². The van der Waals surface area contributed by atoms with Gasteiger partial charge in [-0.1, -0.05) is 13.3 Å². The number of hydrogen-bond acceptors (Lipinski definition) is 4. The minimum Gasteiger partial charge on any atom is -0.323 e. The standard InChI is InChI=1S/C8H19N2O5P/c1-3-4-5-10(6-8(11)9-12)7(2)16(13,14)15/h7,12H,3-6H2,1-2H3,(H,9,11)(H2,13,14,15). The Morgan fingerprint density at radius 3 is 2.44 bits per heavy atom. The van der Waals surface area contributed by atoms with Crippen molar-refractivity contribution in [3.05, 3.63) is 0 Å². The zero-order chi connectivity index (χ0) is 12.8. The van der Waals surface area contributed by atoms with Gasteiger partial charge in [0.25, 0.3) is 5.91 Å². The summed E-state index contributed by atoms with van der Waals surface area (Å²) in [5.74, 6) is -1.72. The van der Waals surface area contributed by atoms with Gasteiger partial charge in [0, 0.05) is 0 Å². The van der Waals surface area contributed by atoms with Crippen LogP contribution in [0.5, 0.6) is 0 Å². The summed E-state index contributed by atoms with van der Waals surface area (Å²) in [6.07, 6.45) is 1.58. The Morgan fingerprint density at radius 2 is 2.06 bits per heavy atom. The Balaban J connectivity index is 4.53. The maximum atomic E-state index is 11.1. The van der Waals surface area contributed by atoms with Crippen LogP contribution in [0.2, 0.25) is 0 Å². The molecule has 1 amide bonds. The number of rotatable bonds is 7. The molecule has 0 aromatic heterocycles. The summed E-state index contributed by atoms with van der Waals surface area (Å²) in [7, 11) is -4.26. The molecule has 0 saturated heterocycles. The second-order valence-electron chi connectivity index (χ2n) is 3.58. The number of hydroxylamine groups is 1. The molecule has 0 aromatic carbocycles. The van der Waals surface area contributed by atoms with E-state index in [4.69, 9.17) is 15.0 Å². The molecule has 1 unspecified atom stereocenters. The molecule has 0 saturated carbocycles. The third-order valence-corrected chi connectivity index (χ3v) is 3.59. The molecule has 0 radical (unpaired) electrons. The molecule has 0 fully saturated rings. The summed E-state index contributed by atoms with van der Waals surface area (Å²) in [6, 6.07) is 0. The van der Waals surface area contributed by atoms with E-state index in [1.54, 1.807) is 0 Å². The first kappa shape index (κ1) is 15.5. The van der Waals surface area contributed by atoms with E-state index in [0.717, 1.165) is 12.8 Å². The lowest BCUT2D eigenvalue weighted by molar-refractivity contribution is -0.130. The monoisotopic (exact) mass is 254 g/mol. The Morgan fingerprint density at radius 1 is 1.50 bits per heavy atom. The van der Waals surface area contributed by atoms with Crippen molar-refractivity contribution >= 4 is 13.5 Å². The first-order valence-electron chi connectivity index (χ1n) is 5.05. The summed E-state index contributed by atoms with van der Waals surface area (Å²) in [5.41, 5.74) is 1.44. The van der Waals surface area contributed by atoms with Crippen LogP contribution in [0.3, 0.4) is 0 Å². The van der Waals surface area contributed by atoms with Crippen LogP contribution < -0.4 is 5.48 Å². The molecule has 16 heavy (non-hydrogen) atoms. The van der Waals surface area contributed by atoms with E-state index in [1.807, 2.05) is 6.92 Å². The molecule has 4 N–H and O–H groups in total. The molecule has 0 aliphatic carbocycles. The Labute approximate surface area is 94.6 Å². The van der Waals surface area contributed by atoms with Crippen molar-refractivity contribution in [1.82, 2.24) is 10.4 Å². The van der Waals surface area contributed by atoms with Crippen molar-refractivity contribution in [2.75, 3.05) is 13.1 Å². The van der Waals surface area contributed by atoms with Gasteiger partial charge < -0.3 is 9.79 Å². The predicted molar refractivity (Wildman–Crippen MR) is 57.9 cm³/mol. The highest BCUT2D eigenvalue weighted by Crippen LogP contribution is 2.42. The van der Waals surface area contributed by atoms with E-state index in [9.17, 15) is 9.36 Å². The minimum absolute atomic E-state index is 0.233. The van der Waals surface area contributed by atoms with Crippen molar-refractivity contribution in [2.24, 2.45) is 0 Å². The van der Waals surface area contributed by atoms with Crippen molar-refractivity contribution in [3.8, 4) is 0 Å². The Kier molecular flexibility index (Phi) is 6.78. The second-order valence-corrected chi connectivity index (χ2v) is 5.51. The molecule has 0 aromatic rings. The zero-order valence-corrected chi connectivity index (χ0v) is 10.4. The fourth-order valence-corrected chi connectivity index (χ4v) is 1.81. The molecule has 0 heterocycles. The molecule has 7 nitrogen and oxygen atoms in total. The van der Waals surface area contributed by atoms with Crippen molar-refractivity contribution in [3.63, 3.8) is 0 Å². The fraction of sp³-hybridized carbons (Fsp3) is 0.875. The fourth-order valence-electron chi connectivity index (χ4n) is 1.19. The van der Waals surface area contributed by atoms with Crippen LogP contribution in [0.4, 0.5) is 0 Å². The molecular formula is C8H19N2O5P. The van der Waals surface area contributed by atoms with Crippen LogP contribution >= 0.6 is 7.60 Å². The molecule has 0 spiro atoms. The summed E-state index contributed by atoms with van der Waals surface area (Å²) < 4.78 is 11.1. The van der Waals surface area contributed by atoms with Gasteiger partial charge in [0.15, 0.2) is 0 Å². The number of carbonyl (C=O) groups is 1. The van der Waals surface area contributed by atoms with Crippen molar-refractivity contribution in [2.45, 2.75) is 32.5 Å². The van der Waals surface area contributed by atoms with Gasteiger partial charge in [-0.3, -0.25) is 19.5 Å². The SMILES string of the molecule is CCCCN(CC(=O)NO)C(C)P(=O)(O)O. The van der Waals surface area contributed by atoms with Crippen molar-refractivity contribution in [1.29, 1.82) is 0 Å². The van der Waals surface area contributed by atoms with Gasteiger partial charge in [-0.15, -0.1) is 0 Å². The van der Waals surface area contributed by atoms with E-state index in [1.165, 1.54) is 17.3 Å². The topological polar surface area (TPSA) is 110 Å². The smallest absolute Gasteiger partial charge is 0.323 e. The maximum Gasteiger partial charge on any atom is 0.342 e. The van der Waals surface area contributed by atoms with E-state index in [2.05, 4.69) is 0 Å². The van der Waals surface area contributed by atoms with E-state index >= 15 is 0 Å². The normalized spacial score (nSPS) is 13.9. The Hall–Kier alpha value is -0.460. The first-order chi connectivity index (χ1) is 7.32. The highest BCUT2D eigenvalue weighted by Gasteiger charge is 2.30. The largest absolute Gasteiger partial charge is 0.342 e. The lowest BCUT2D eigenvalue weighted by Crippen LogP contribution is -2.41. The van der Waals surface area contributed by atoms with Crippen LogP contribution in [-0.2, 0) is 9.36 Å². The highest BCUT2D eigenvalue weighted by atomic mass is 31.2. The number of nitrogens with one attached hydrogen (secondary N) is 1. The van der Waals surface area contributed by atoms with Crippen molar-refractivity contribution < 1.29 is 24.4 Å². The Bertz CT molecular complexity index is 267. The van der Waals surface area contributed by atoms with Gasteiger partial charge in [-0.05, 0) is 19.9 Å². The van der Waals surface area contributed by atoms with E-state index in [-0.39, 0.29) is 6.54 Å². The van der Waals surface area contributed by atoms with E-state index < -0.39 is 19.3 Å². The van der Waals surface area contributed by atoms with E-state index in [0.29, 0.717) is 6.54 Å². The molecular weight excluding hydrogens is 235 g/mol. The van der Waals surface area contributed by atoms with Gasteiger partial charge in [0.2, 0.25) is 0 Å². The number of unbranched alkanes of at least 4 members (excludes halogenated alkanes) is 1.